The minimum atomic E-state index is -4.82. The largest absolute Gasteiger partial charge is 0.431 e. The number of hydrogen-bond acceptors (Lipinski definition) is 6. The number of nitrogens with zero attached hydrogens (tertiary/aromatic N) is 4. The van der Waals surface area contributed by atoms with E-state index in [1.54, 1.807) is 0 Å². The number of carbonyl (C=O) groups is 1. The van der Waals surface area contributed by atoms with Crippen LogP contribution in [0.15, 0.2) is 28.8 Å². The summed E-state index contributed by atoms with van der Waals surface area (Å²) in [5.41, 5.74) is -1.11. The molecule has 2 aromatic heterocycles. The summed E-state index contributed by atoms with van der Waals surface area (Å²) in [6.07, 6.45) is -3.80. The first-order chi connectivity index (χ1) is 15.7. The van der Waals surface area contributed by atoms with Gasteiger partial charge in [-0.3, -0.25) is 4.79 Å². The molecule has 0 saturated heterocycles. The van der Waals surface area contributed by atoms with Gasteiger partial charge in [0.05, 0.1) is 5.75 Å². The van der Waals surface area contributed by atoms with Gasteiger partial charge in [0.15, 0.2) is 5.82 Å². The van der Waals surface area contributed by atoms with Gasteiger partial charge in [0.1, 0.15) is 27.8 Å². The number of rotatable bonds is 7. The van der Waals surface area contributed by atoms with Gasteiger partial charge in [-0.25, -0.2) is 8.42 Å². The molecule has 0 unspecified atom stereocenters. The monoisotopic (exact) mass is 518 g/mol. The topological polar surface area (TPSA) is 98.3 Å². The van der Waals surface area contributed by atoms with Crippen LogP contribution in [0.2, 0.25) is 5.02 Å². The van der Waals surface area contributed by atoms with Crippen LogP contribution in [0.5, 0.6) is 0 Å². The maximum absolute atomic E-state index is 14.2. The normalized spacial score (nSPS) is 12.2. The Hall–Kier alpha value is -2.86. The fraction of sp³-hybridized carbons (Fsp3) is 0.381. The van der Waals surface area contributed by atoms with Crippen molar-refractivity contribution in [2.45, 2.75) is 26.6 Å². The minimum absolute atomic E-state index is 0.0523. The molecule has 3 aromatic rings. The molecule has 8 nitrogen and oxygen atoms in total. The lowest BCUT2D eigenvalue weighted by Crippen LogP contribution is -2.33. The zero-order valence-electron chi connectivity index (χ0n) is 18.8. The van der Waals surface area contributed by atoms with E-state index >= 15 is 0 Å². The van der Waals surface area contributed by atoms with Crippen LogP contribution < -0.4 is 0 Å². The van der Waals surface area contributed by atoms with Crippen LogP contribution >= 0.6 is 11.6 Å². The molecule has 3 rings (SSSR count). The summed E-state index contributed by atoms with van der Waals surface area (Å²) in [4.78, 5) is 18.5. The summed E-state index contributed by atoms with van der Waals surface area (Å²) < 4.78 is 71.7. The first kappa shape index (κ1) is 25.8. The van der Waals surface area contributed by atoms with Gasteiger partial charge in [-0.05, 0) is 37.1 Å². The Morgan fingerprint density at radius 2 is 1.82 bits per heavy atom. The van der Waals surface area contributed by atoms with Gasteiger partial charge in [-0.1, -0.05) is 28.9 Å². The van der Waals surface area contributed by atoms with Crippen molar-refractivity contribution in [2.24, 2.45) is 0 Å². The summed E-state index contributed by atoms with van der Waals surface area (Å²) in [5.74, 6) is -1.03. The van der Waals surface area contributed by atoms with Crippen LogP contribution in [0.3, 0.4) is 0 Å². The predicted octanol–water partition coefficient (Wildman–Crippen LogP) is 3.99. The number of halogens is 4. The van der Waals surface area contributed by atoms with Crippen LogP contribution in [-0.4, -0.2) is 59.5 Å². The van der Waals surface area contributed by atoms with Gasteiger partial charge in [0.25, 0.3) is 5.91 Å². The molecule has 1 aromatic carbocycles. The number of aryl methyl sites for hydroxylation is 1. The molecule has 0 radical (unpaired) electrons. The van der Waals surface area contributed by atoms with E-state index in [1.165, 1.54) is 45.2 Å². The number of benzene rings is 1. The highest BCUT2D eigenvalue weighted by molar-refractivity contribution is 7.90. The number of sulfone groups is 1. The Bertz CT molecular complexity index is 1310. The summed E-state index contributed by atoms with van der Waals surface area (Å²) in [7, 11) is -2.08. The zero-order valence-corrected chi connectivity index (χ0v) is 20.3. The minimum Gasteiger partial charge on any atom is -0.339 e. The molecule has 0 fully saturated rings. The van der Waals surface area contributed by atoms with Crippen molar-refractivity contribution in [3.05, 3.63) is 58.0 Å². The molecule has 34 heavy (non-hydrogen) atoms. The SMILES string of the molecule is Cc1noc(Cn2c(C(=O)N(C)CCS(C)(=O)=O)c(-c3ccc(Cl)cc3)c(C)c2C(F)(F)F)n1. The first-order valence-corrected chi connectivity index (χ1v) is 12.4. The van der Waals surface area contributed by atoms with Crippen LogP contribution in [0.25, 0.3) is 11.1 Å². The van der Waals surface area contributed by atoms with Crippen molar-refractivity contribution in [3.63, 3.8) is 0 Å². The van der Waals surface area contributed by atoms with Gasteiger partial charge < -0.3 is 14.0 Å². The Morgan fingerprint density at radius 3 is 2.32 bits per heavy atom. The number of hydrogen-bond donors (Lipinski definition) is 0. The summed E-state index contributed by atoms with van der Waals surface area (Å²) in [6, 6.07) is 6.03. The first-order valence-electron chi connectivity index (χ1n) is 9.97. The Labute approximate surface area is 199 Å². The molecule has 0 aliphatic carbocycles. The van der Waals surface area contributed by atoms with Gasteiger partial charge in [0.2, 0.25) is 5.89 Å². The molecule has 1 amide bonds. The average molecular weight is 519 g/mol. The van der Waals surface area contributed by atoms with Gasteiger partial charge in [0, 0.05) is 30.4 Å². The molecular formula is C21H22ClF3N4O4S. The van der Waals surface area contributed by atoms with Crippen molar-refractivity contribution in [2.75, 3.05) is 25.6 Å². The molecule has 0 aliphatic rings. The second-order valence-electron chi connectivity index (χ2n) is 7.88. The Balaban J connectivity index is 2.27. The summed E-state index contributed by atoms with van der Waals surface area (Å²) in [5, 5.41) is 3.98. The third-order valence-corrected chi connectivity index (χ3v) is 6.29. The Kier molecular flexibility index (Phi) is 7.13. The van der Waals surface area contributed by atoms with E-state index in [0.717, 1.165) is 15.7 Å². The van der Waals surface area contributed by atoms with Crippen molar-refractivity contribution in [1.82, 2.24) is 19.6 Å². The average Bonchev–Trinajstić information content (AvgIpc) is 3.25. The lowest BCUT2D eigenvalue weighted by molar-refractivity contribution is -0.143. The van der Waals surface area contributed by atoms with E-state index < -0.39 is 34.2 Å². The molecule has 0 N–H and O–H groups in total. The van der Waals surface area contributed by atoms with E-state index in [0.29, 0.717) is 10.6 Å². The smallest absolute Gasteiger partial charge is 0.339 e. The van der Waals surface area contributed by atoms with Gasteiger partial charge in [-0.15, -0.1) is 0 Å². The van der Waals surface area contributed by atoms with Crippen molar-refractivity contribution in [1.29, 1.82) is 0 Å². The Morgan fingerprint density at radius 1 is 1.21 bits per heavy atom. The van der Waals surface area contributed by atoms with E-state index in [9.17, 15) is 26.4 Å². The molecule has 184 valence electrons. The molecule has 0 aliphatic heterocycles. The maximum atomic E-state index is 14.2. The van der Waals surface area contributed by atoms with Crippen molar-refractivity contribution >= 4 is 27.3 Å². The summed E-state index contributed by atoms with van der Waals surface area (Å²) >= 11 is 5.95. The molecular weight excluding hydrogens is 497 g/mol. The van der Waals surface area contributed by atoms with Crippen LogP contribution in [-0.2, 0) is 22.6 Å². The quantitative estimate of drug-likeness (QED) is 0.469. The standard InChI is InChI=1S/C21H22ClF3N4O4S/c1-12-17(14-5-7-15(22)8-6-14)18(20(30)28(3)9-10-34(4,31)32)29(19(12)21(23,24)25)11-16-26-13(2)27-33-16/h5-8H,9-11H2,1-4H3. The lowest BCUT2D eigenvalue weighted by atomic mass is 10.0. The van der Waals surface area contributed by atoms with E-state index in [2.05, 4.69) is 10.1 Å². The van der Waals surface area contributed by atoms with Crippen molar-refractivity contribution < 1.29 is 30.9 Å². The highest BCUT2D eigenvalue weighted by Crippen LogP contribution is 2.41. The van der Waals surface area contributed by atoms with Gasteiger partial charge in [-0.2, -0.15) is 18.2 Å². The second kappa shape index (κ2) is 9.41. The number of amides is 1. The number of aromatic nitrogens is 3. The predicted molar refractivity (Wildman–Crippen MR) is 119 cm³/mol. The fourth-order valence-corrected chi connectivity index (χ4v) is 4.32. The molecule has 0 spiro atoms. The van der Waals surface area contributed by atoms with E-state index in [4.69, 9.17) is 16.1 Å². The molecule has 0 atom stereocenters. The highest BCUT2D eigenvalue weighted by atomic mass is 35.5. The van der Waals surface area contributed by atoms with Crippen molar-refractivity contribution in [3.8, 4) is 11.1 Å². The van der Waals surface area contributed by atoms with Crippen LogP contribution in [0.4, 0.5) is 13.2 Å². The maximum Gasteiger partial charge on any atom is 0.431 e. The summed E-state index contributed by atoms with van der Waals surface area (Å²) in [6.45, 7) is 2.08. The molecule has 0 saturated carbocycles. The highest BCUT2D eigenvalue weighted by Gasteiger charge is 2.42. The molecule has 2 heterocycles. The van der Waals surface area contributed by atoms with Gasteiger partial charge >= 0.3 is 6.18 Å². The zero-order chi connectivity index (χ0) is 25.4. The number of alkyl halides is 3. The number of carbonyl (C=O) groups excluding carboxylic acids is 1. The molecule has 0 bridgehead atoms. The third kappa shape index (κ3) is 5.61. The van der Waals surface area contributed by atoms with Crippen LogP contribution in [0, 0.1) is 13.8 Å². The lowest BCUT2D eigenvalue weighted by Gasteiger charge is -2.20. The van der Waals surface area contributed by atoms with E-state index in [-0.39, 0.29) is 40.8 Å². The van der Waals surface area contributed by atoms with E-state index in [1.807, 2.05) is 0 Å². The van der Waals surface area contributed by atoms with Crippen LogP contribution in [0.1, 0.15) is 33.5 Å². The second-order valence-corrected chi connectivity index (χ2v) is 10.6. The third-order valence-electron chi connectivity index (χ3n) is 5.12. The molecule has 13 heteroatoms. The fourth-order valence-electron chi connectivity index (χ4n) is 3.59.